The first kappa shape index (κ1) is 22.1. The number of ether oxygens (including phenoxy) is 2. The van der Waals surface area contributed by atoms with Gasteiger partial charge in [0.15, 0.2) is 0 Å². The van der Waals surface area contributed by atoms with Crippen molar-refractivity contribution < 1.29 is 14.0 Å². The smallest absolute Gasteiger partial charge is 0.102 e. The van der Waals surface area contributed by atoms with Crippen molar-refractivity contribution in [2.24, 2.45) is 33.5 Å². The van der Waals surface area contributed by atoms with Crippen LogP contribution in [0.4, 0.5) is 0 Å². The summed E-state index contributed by atoms with van der Waals surface area (Å²) in [6, 6.07) is 0. The number of rotatable bonds is 8. The molecule has 0 spiro atoms. The van der Waals surface area contributed by atoms with Gasteiger partial charge in [-0.15, -0.1) is 0 Å². The van der Waals surface area contributed by atoms with Crippen LogP contribution in [0, 0.1) is 33.5 Å². The molecule has 0 N–H and O–H groups in total. The summed E-state index contributed by atoms with van der Waals surface area (Å²) in [7, 11) is 4.68. The molecule has 4 rings (SSSR count). The Morgan fingerprint density at radius 1 is 0.690 bits per heavy atom. The van der Waals surface area contributed by atoms with Gasteiger partial charge in [-0.25, -0.2) is 0 Å². The second-order valence-electron chi connectivity index (χ2n) is 13.3. The minimum absolute atomic E-state index is 0.377. The van der Waals surface area contributed by atoms with E-state index in [1.807, 2.05) is 0 Å². The van der Waals surface area contributed by atoms with Gasteiger partial charge in [0.05, 0.1) is 39.5 Å². The zero-order valence-corrected chi connectivity index (χ0v) is 20.6. The fourth-order valence-corrected chi connectivity index (χ4v) is 7.76. The van der Waals surface area contributed by atoms with Crippen LogP contribution in [0.1, 0.15) is 80.1 Å². The van der Waals surface area contributed by atoms with Crippen LogP contribution in [0.25, 0.3) is 0 Å². The van der Waals surface area contributed by atoms with Crippen molar-refractivity contribution in [3.8, 4) is 0 Å². The van der Waals surface area contributed by atoms with Crippen LogP contribution in [0.3, 0.4) is 0 Å². The molecule has 0 aliphatic heterocycles. The van der Waals surface area contributed by atoms with E-state index in [1.54, 1.807) is 0 Å². The minimum Gasteiger partial charge on any atom is -0.372 e. The van der Waals surface area contributed by atoms with Crippen molar-refractivity contribution >= 4 is 0 Å². The quantitative estimate of drug-likeness (QED) is 0.494. The SMILES string of the molecule is CC1(C)[C@@H]2CC[C@]1(C)[C@H](OCC[N+](C)(C)CCO[C@@H]1C[C@@H]3CC[C@@]1(C)C3(C)C)C2. The molecule has 0 saturated heterocycles. The van der Waals surface area contributed by atoms with Crippen LogP contribution in [-0.4, -0.2) is 57.1 Å². The summed E-state index contributed by atoms with van der Waals surface area (Å²) in [6.07, 6.45) is 8.97. The van der Waals surface area contributed by atoms with Crippen molar-refractivity contribution in [1.82, 2.24) is 0 Å². The Morgan fingerprint density at radius 3 is 1.34 bits per heavy atom. The van der Waals surface area contributed by atoms with E-state index in [-0.39, 0.29) is 0 Å². The van der Waals surface area contributed by atoms with Gasteiger partial charge in [0.2, 0.25) is 0 Å². The van der Waals surface area contributed by atoms with Crippen LogP contribution in [-0.2, 0) is 9.47 Å². The van der Waals surface area contributed by atoms with E-state index in [4.69, 9.17) is 9.47 Å². The Hall–Kier alpha value is -0.120. The molecule has 4 aliphatic rings. The largest absolute Gasteiger partial charge is 0.372 e. The molecule has 6 atom stereocenters. The molecule has 0 amide bonds. The summed E-state index contributed by atoms with van der Waals surface area (Å²) >= 11 is 0. The molecule has 0 aromatic heterocycles. The predicted molar refractivity (Wildman–Crippen MR) is 120 cm³/mol. The Kier molecular flexibility index (Phi) is 5.28. The molecular formula is C26H48NO2+. The topological polar surface area (TPSA) is 18.5 Å². The Bertz CT molecular complexity index is 574. The maximum atomic E-state index is 6.52. The lowest BCUT2D eigenvalue weighted by Crippen LogP contribution is -2.47. The van der Waals surface area contributed by atoms with Crippen molar-refractivity contribution in [3.63, 3.8) is 0 Å². The van der Waals surface area contributed by atoms with Gasteiger partial charge in [0.1, 0.15) is 13.1 Å². The zero-order valence-electron chi connectivity index (χ0n) is 20.6. The van der Waals surface area contributed by atoms with Gasteiger partial charge in [0.25, 0.3) is 0 Å². The van der Waals surface area contributed by atoms with Gasteiger partial charge < -0.3 is 14.0 Å². The summed E-state index contributed by atoms with van der Waals surface area (Å²) in [5, 5.41) is 0. The highest BCUT2D eigenvalue weighted by atomic mass is 16.5. The summed E-state index contributed by atoms with van der Waals surface area (Å²) in [5.41, 5.74) is 1.64. The highest BCUT2D eigenvalue weighted by Crippen LogP contribution is 2.67. The Labute approximate surface area is 180 Å². The molecule has 4 bridgehead atoms. The molecular weight excluding hydrogens is 358 g/mol. The number of nitrogens with zero attached hydrogens (tertiary/aromatic N) is 1. The third-order valence-corrected chi connectivity index (χ3v) is 11.5. The van der Waals surface area contributed by atoms with Crippen LogP contribution in [0.2, 0.25) is 0 Å². The molecule has 3 nitrogen and oxygen atoms in total. The molecule has 0 aromatic carbocycles. The van der Waals surface area contributed by atoms with E-state index in [1.165, 1.54) is 38.5 Å². The first-order valence-corrected chi connectivity index (χ1v) is 12.4. The number of hydrogen-bond donors (Lipinski definition) is 0. The lowest BCUT2D eigenvalue weighted by molar-refractivity contribution is -0.891. The number of hydrogen-bond acceptors (Lipinski definition) is 2. The van der Waals surface area contributed by atoms with Gasteiger partial charge >= 0.3 is 0 Å². The van der Waals surface area contributed by atoms with Crippen LogP contribution >= 0.6 is 0 Å². The predicted octanol–water partition coefficient (Wildman–Crippen LogP) is 5.53. The van der Waals surface area contributed by atoms with Crippen LogP contribution < -0.4 is 0 Å². The Morgan fingerprint density at radius 2 is 1.07 bits per heavy atom. The molecule has 4 saturated carbocycles. The van der Waals surface area contributed by atoms with E-state index in [2.05, 4.69) is 55.6 Å². The second-order valence-corrected chi connectivity index (χ2v) is 13.3. The van der Waals surface area contributed by atoms with Crippen molar-refractivity contribution in [2.75, 3.05) is 40.4 Å². The van der Waals surface area contributed by atoms with Gasteiger partial charge in [0, 0.05) is 0 Å². The second kappa shape index (κ2) is 6.94. The highest BCUT2D eigenvalue weighted by molar-refractivity contribution is 5.12. The van der Waals surface area contributed by atoms with E-state index >= 15 is 0 Å². The lowest BCUT2D eigenvalue weighted by Gasteiger charge is -2.40. The maximum absolute atomic E-state index is 6.52. The first-order valence-electron chi connectivity index (χ1n) is 12.4. The number of fused-ring (bicyclic) bond motifs is 4. The highest BCUT2D eigenvalue weighted by Gasteiger charge is 2.62. The molecule has 168 valence electrons. The summed E-state index contributed by atoms with van der Waals surface area (Å²) in [6.45, 7) is 18.8. The average Bonchev–Trinajstić information content (AvgIpc) is 3.13. The van der Waals surface area contributed by atoms with Crippen molar-refractivity contribution in [2.45, 2.75) is 92.3 Å². The zero-order chi connectivity index (χ0) is 21.3. The normalized spacial score (nSPS) is 44.7. The summed E-state index contributed by atoms with van der Waals surface area (Å²) in [5.74, 6) is 1.72. The molecule has 4 aliphatic carbocycles. The van der Waals surface area contributed by atoms with E-state index in [0.29, 0.717) is 33.9 Å². The third kappa shape index (κ3) is 3.24. The van der Waals surface area contributed by atoms with E-state index < -0.39 is 0 Å². The summed E-state index contributed by atoms with van der Waals surface area (Å²) < 4.78 is 14.0. The van der Waals surface area contributed by atoms with Gasteiger partial charge in [-0.2, -0.15) is 0 Å². The number of quaternary nitrogens is 1. The lowest BCUT2D eigenvalue weighted by atomic mass is 9.70. The van der Waals surface area contributed by atoms with Crippen LogP contribution in [0.15, 0.2) is 0 Å². The van der Waals surface area contributed by atoms with Gasteiger partial charge in [-0.1, -0.05) is 41.5 Å². The molecule has 3 heteroatoms. The van der Waals surface area contributed by atoms with Crippen molar-refractivity contribution in [1.29, 1.82) is 0 Å². The molecule has 0 aromatic rings. The summed E-state index contributed by atoms with van der Waals surface area (Å²) in [4.78, 5) is 0. The monoisotopic (exact) mass is 406 g/mol. The van der Waals surface area contributed by atoms with Crippen LogP contribution in [0.5, 0.6) is 0 Å². The fourth-order valence-electron chi connectivity index (χ4n) is 7.76. The third-order valence-electron chi connectivity index (χ3n) is 11.5. The molecule has 0 radical (unpaired) electrons. The molecule has 29 heavy (non-hydrogen) atoms. The molecule has 0 unspecified atom stereocenters. The molecule has 4 fully saturated rings. The van der Waals surface area contributed by atoms with E-state index in [0.717, 1.165) is 42.6 Å². The first-order chi connectivity index (χ1) is 13.3. The Balaban J connectivity index is 1.21. The average molecular weight is 407 g/mol. The minimum atomic E-state index is 0.377. The van der Waals surface area contributed by atoms with Gasteiger partial charge in [-0.05, 0) is 72.0 Å². The van der Waals surface area contributed by atoms with Crippen molar-refractivity contribution in [3.05, 3.63) is 0 Å². The fraction of sp³-hybridized carbons (Fsp3) is 1.00. The maximum Gasteiger partial charge on any atom is 0.102 e. The number of likely N-dealkylation sites (N-methyl/N-ethyl adjacent to an activating group) is 1. The molecule has 0 heterocycles. The van der Waals surface area contributed by atoms with E-state index in [9.17, 15) is 0 Å². The van der Waals surface area contributed by atoms with Gasteiger partial charge in [-0.3, -0.25) is 0 Å². The standard InChI is InChI=1S/C26H48NO2/c1-23(2)19-9-11-25(23,5)21(17-19)28-15-13-27(7,8)14-16-29-22-18-20-10-12-26(22,6)24(20,3)4/h19-22H,9-18H2,1-8H3/q+1/t19-,20+,21-,22-,25-,26-/m1/s1.